The van der Waals surface area contributed by atoms with Crippen LogP contribution in [0.25, 0.3) is 10.9 Å². The van der Waals surface area contributed by atoms with Crippen LogP contribution in [0.5, 0.6) is 5.75 Å². The minimum Gasteiger partial charge on any atom is -0.508 e. The van der Waals surface area contributed by atoms with Gasteiger partial charge in [-0.1, -0.05) is 17.7 Å². The lowest BCUT2D eigenvalue weighted by atomic mass is 9.98. The molecule has 0 saturated carbocycles. The third kappa shape index (κ3) is 3.43. The zero-order valence-corrected chi connectivity index (χ0v) is 16.1. The zero-order valence-electron chi connectivity index (χ0n) is 15.3. The lowest BCUT2D eigenvalue weighted by Crippen LogP contribution is -2.16. The molecule has 27 heavy (non-hydrogen) atoms. The molecule has 3 aromatic rings. The van der Waals surface area contributed by atoms with Crippen LogP contribution in [0.2, 0.25) is 5.02 Å². The van der Waals surface area contributed by atoms with Crippen molar-refractivity contribution < 1.29 is 19.4 Å². The second kappa shape index (κ2) is 7.45. The Morgan fingerprint density at radius 3 is 2.63 bits per heavy atom. The van der Waals surface area contributed by atoms with Crippen molar-refractivity contribution in [2.45, 2.75) is 26.7 Å². The lowest BCUT2D eigenvalue weighted by molar-refractivity contribution is -0.144. The summed E-state index contributed by atoms with van der Waals surface area (Å²) < 4.78 is 6.70. The first-order valence-corrected chi connectivity index (χ1v) is 9.03. The van der Waals surface area contributed by atoms with E-state index < -0.39 is 5.92 Å². The van der Waals surface area contributed by atoms with E-state index in [0.717, 1.165) is 0 Å². The number of phenolic OH excluding ortho intramolecular Hbond substituents is 1. The number of phenols is 1. The van der Waals surface area contributed by atoms with Gasteiger partial charge in [0.25, 0.3) is 5.91 Å². The average molecular weight is 386 g/mol. The molecular formula is C21H20ClNO4. The molecule has 140 valence electrons. The van der Waals surface area contributed by atoms with Gasteiger partial charge >= 0.3 is 5.97 Å². The molecule has 0 unspecified atom stereocenters. The minimum absolute atomic E-state index is 0.0622. The maximum absolute atomic E-state index is 13.2. The van der Waals surface area contributed by atoms with E-state index in [1.54, 1.807) is 61.7 Å². The molecule has 0 aliphatic carbocycles. The lowest BCUT2D eigenvalue weighted by Gasteiger charge is -2.12. The maximum Gasteiger partial charge on any atom is 0.313 e. The van der Waals surface area contributed by atoms with Gasteiger partial charge < -0.3 is 9.84 Å². The van der Waals surface area contributed by atoms with Crippen LogP contribution < -0.4 is 0 Å². The van der Waals surface area contributed by atoms with E-state index in [0.29, 0.717) is 32.7 Å². The molecule has 0 bridgehead atoms. The zero-order chi connectivity index (χ0) is 19.7. The molecule has 1 N–H and O–H groups in total. The van der Waals surface area contributed by atoms with Crippen molar-refractivity contribution in [3.05, 3.63) is 64.3 Å². The summed E-state index contributed by atoms with van der Waals surface area (Å²) in [6.07, 6.45) is 0. The van der Waals surface area contributed by atoms with Gasteiger partial charge in [0.1, 0.15) is 5.75 Å². The monoisotopic (exact) mass is 385 g/mol. The molecule has 0 aliphatic heterocycles. The van der Waals surface area contributed by atoms with Crippen molar-refractivity contribution in [3.8, 4) is 5.75 Å². The fraction of sp³-hybridized carbons (Fsp3) is 0.238. The Bertz CT molecular complexity index is 1040. The summed E-state index contributed by atoms with van der Waals surface area (Å²) in [5, 5.41) is 11.1. The minimum atomic E-state index is -0.581. The highest BCUT2D eigenvalue weighted by atomic mass is 35.5. The molecule has 0 fully saturated rings. The second-order valence-corrected chi connectivity index (χ2v) is 6.76. The van der Waals surface area contributed by atoms with Gasteiger partial charge in [-0.05, 0) is 62.7 Å². The Balaban J connectivity index is 2.24. The van der Waals surface area contributed by atoms with Crippen LogP contribution in [-0.4, -0.2) is 28.2 Å². The van der Waals surface area contributed by atoms with E-state index in [1.165, 1.54) is 6.07 Å². The van der Waals surface area contributed by atoms with Gasteiger partial charge in [-0.3, -0.25) is 14.2 Å². The summed E-state index contributed by atoms with van der Waals surface area (Å²) in [6, 6.07) is 11.5. The van der Waals surface area contributed by atoms with Crippen LogP contribution in [-0.2, 0) is 9.53 Å². The third-order valence-corrected chi connectivity index (χ3v) is 4.82. The van der Waals surface area contributed by atoms with Crippen molar-refractivity contribution in [1.82, 2.24) is 4.57 Å². The van der Waals surface area contributed by atoms with Crippen molar-refractivity contribution in [3.63, 3.8) is 0 Å². The first-order valence-electron chi connectivity index (χ1n) is 8.66. The normalized spacial score (nSPS) is 12.1. The van der Waals surface area contributed by atoms with Crippen LogP contribution in [0.4, 0.5) is 0 Å². The van der Waals surface area contributed by atoms with Crippen molar-refractivity contribution in [2.75, 3.05) is 6.61 Å². The molecular weight excluding hydrogens is 366 g/mol. The summed E-state index contributed by atoms with van der Waals surface area (Å²) in [6.45, 7) is 5.53. The largest absolute Gasteiger partial charge is 0.508 e. The Morgan fingerprint density at radius 1 is 1.22 bits per heavy atom. The number of halogens is 1. The number of fused-ring (bicyclic) bond motifs is 1. The molecule has 0 saturated heterocycles. The molecule has 1 heterocycles. The Kier molecular flexibility index (Phi) is 5.24. The number of hydrogen-bond acceptors (Lipinski definition) is 4. The number of aromatic nitrogens is 1. The fourth-order valence-corrected chi connectivity index (χ4v) is 3.57. The number of carbonyl (C=O) groups excluding carboxylic acids is 2. The van der Waals surface area contributed by atoms with E-state index in [1.807, 2.05) is 0 Å². The van der Waals surface area contributed by atoms with Gasteiger partial charge in [0.2, 0.25) is 0 Å². The number of hydrogen-bond donors (Lipinski definition) is 1. The molecule has 3 rings (SSSR count). The smallest absolute Gasteiger partial charge is 0.313 e. The number of rotatable bonds is 4. The molecule has 0 radical (unpaired) electrons. The predicted molar refractivity (Wildman–Crippen MR) is 105 cm³/mol. The number of esters is 1. The summed E-state index contributed by atoms with van der Waals surface area (Å²) in [5.41, 5.74) is 2.34. The van der Waals surface area contributed by atoms with Crippen molar-refractivity contribution in [1.29, 1.82) is 0 Å². The van der Waals surface area contributed by atoms with Crippen LogP contribution in [0.1, 0.15) is 41.4 Å². The van der Waals surface area contributed by atoms with E-state index in [-0.39, 0.29) is 24.2 Å². The number of aromatic hydroxyl groups is 1. The standard InChI is InChI=1S/C21H20ClNO4/c1-4-27-21(26)12(2)19-13(3)23(18-9-8-16(24)11-17(18)19)20(25)14-6-5-7-15(22)10-14/h5-12,24H,4H2,1-3H3/t12-/m1/s1. The Labute approximate surface area is 162 Å². The number of carbonyl (C=O) groups is 2. The van der Waals surface area contributed by atoms with Crippen LogP contribution in [0.3, 0.4) is 0 Å². The molecule has 2 aromatic carbocycles. The first-order chi connectivity index (χ1) is 12.8. The van der Waals surface area contributed by atoms with Gasteiger partial charge in [0.05, 0.1) is 18.0 Å². The number of benzene rings is 2. The maximum atomic E-state index is 13.2. The van der Waals surface area contributed by atoms with Gasteiger partial charge in [-0.15, -0.1) is 0 Å². The predicted octanol–water partition coefficient (Wildman–Crippen LogP) is 4.66. The van der Waals surface area contributed by atoms with E-state index >= 15 is 0 Å². The Hall–Kier alpha value is -2.79. The molecule has 1 aromatic heterocycles. The SMILES string of the molecule is CCOC(=O)[C@H](C)c1c(C)n(C(=O)c2cccc(Cl)c2)c2ccc(O)cc12. The summed E-state index contributed by atoms with van der Waals surface area (Å²) in [7, 11) is 0. The summed E-state index contributed by atoms with van der Waals surface area (Å²) >= 11 is 6.03. The molecule has 6 heteroatoms. The second-order valence-electron chi connectivity index (χ2n) is 6.33. The average Bonchev–Trinajstić information content (AvgIpc) is 2.91. The quantitative estimate of drug-likeness (QED) is 0.663. The van der Waals surface area contributed by atoms with Crippen LogP contribution >= 0.6 is 11.6 Å². The van der Waals surface area contributed by atoms with Crippen molar-refractivity contribution >= 4 is 34.4 Å². The Morgan fingerprint density at radius 2 is 1.96 bits per heavy atom. The summed E-state index contributed by atoms with van der Waals surface area (Å²) in [4.78, 5) is 25.5. The molecule has 5 nitrogen and oxygen atoms in total. The molecule has 0 amide bonds. The van der Waals surface area contributed by atoms with Gasteiger partial charge in [-0.2, -0.15) is 0 Å². The van der Waals surface area contributed by atoms with E-state index in [4.69, 9.17) is 16.3 Å². The van der Waals surface area contributed by atoms with Crippen molar-refractivity contribution in [2.24, 2.45) is 0 Å². The third-order valence-electron chi connectivity index (χ3n) is 4.58. The molecule has 1 atom stereocenters. The van der Waals surface area contributed by atoms with Gasteiger partial charge in [0.15, 0.2) is 0 Å². The highest BCUT2D eigenvalue weighted by Crippen LogP contribution is 2.35. The highest BCUT2D eigenvalue weighted by Gasteiger charge is 2.27. The van der Waals surface area contributed by atoms with Crippen LogP contribution in [0.15, 0.2) is 42.5 Å². The topological polar surface area (TPSA) is 68.5 Å². The highest BCUT2D eigenvalue weighted by molar-refractivity contribution is 6.31. The van der Waals surface area contributed by atoms with E-state index in [2.05, 4.69) is 0 Å². The number of nitrogens with zero attached hydrogens (tertiary/aromatic N) is 1. The van der Waals surface area contributed by atoms with Crippen LogP contribution in [0, 0.1) is 6.92 Å². The number of ether oxygens (including phenoxy) is 1. The molecule has 0 spiro atoms. The van der Waals surface area contributed by atoms with E-state index in [9.17, 15) is 14.7 Å². The van der Waals surface area contributed by atoms with Gasteiger partial charge in [0, 0.05) is 21.7 Å². The van der Waals surface area contributed by atoms with Gasteiger partial charge in [-0.25, -0.2) is 0 Å². The molecule has 0 aliphatic rings. The summed E-state index contributed by atoms with van der Waals surface area (Å²) in [5.74, 6) is -1.15. The first kappa shape index (κ1) is 19.0. The fourth-order valence-electron chi connectivity index (χ4n) is 3.37.